The van der Waals surface area contributed by atoms with Gasteiger partial charge in [0.1, 0.15) is 10.8 Å². The summed E-state index contributed by atoms with van der Waals surface area (Å²) < 4.78 is 0. The molecule has 0 bridgehead atoms. The second kappa shape index (κ2) is 6.77. The fourth-order valence-electron chi connectivity index (χ4n) is 2.71. The highest BCUT2D eigenvalue weighted by atomic mass is 35.5. The Morgan fingerprint density at radius 1 is 1.09 bits per heavy atom. The Morgan fingerprint density at radius 2 is 1.83 bits per heavy atom. The van der Waals surface area contributed by atoms with E-state index in [9.17, 15) is 4.79 Å². The first-order valence-electron chi connectivity index (χ1n) is 7.47. The van der Waals surface area contributed by atoms with Gasteiger partial charge < -0.3 is 9.80 Å². The molecule has 0 aliphatic carbocycles. The maximum atomic E-state index is 12.6. The number of aryl methyl sites for hydroxylation is 1. The molecule has 0 saturated carbocycles. The fraction of sp³-hybridized carbons (Fsp3) is 0.294. The summed E-state index contributed by atoms with van der Waals surface area (Å²) in [4.78, 5) is 20.7. The number of hydrogen-bond acceptors (Lipinski definition) is 3. The number of hydrogen-bond donors (Lipinski definition) is 0. The first-order chi connectivity index (χ1) is 11.0. The number of halogens is 2. The normalized spacial score (nSPS) is 14.9. The van der Waals surface area contributed by atoms with Crippen molar-refractivity contribution in [2.45, 2.75) is 6.92 Å². The van der Waals surface area contributed by atoms with E-state index in [-0.39, 0.29) is 16.8 Å². The molecule has 0 radical (unpaired) electrons. The van der Waals surface area contributed by atoms with Crippen molar-refractivity contribution < 1.29 is 4.79 Å². The lowest BCUT2D eigenvalue weighted by atomic mass is 10.2. The molecule has 0 N–H and O–H groups in total. The van der Waals surface area contributed by atoms with Gasteiger partial charge in [-0.05, 0) is 36.8 Å². The van der Waals surface area contributed by atoms with Crippen LogP contribution >= 0.6 is 23.2 Å². The summed E-state index contributed by atoms with van der Waals surface area (Å²) in [5.74, 6) is -0.165. The maximum absolute atomic E-state index is 12.6. The van der Waals surface area contributed by atoms with Gasteiger partial charge >= 0.3 is 0 Å². The molecule has 3 rings (SSSR count). The van der Waals surface area contributed by atoms with E-state index in [1.165, 1.54) is 11.3 Å². The van der Waals surface area contributed by atoms with Gasteiger partial charge in [0.05, 0.1) is 5.02 Å². The van der Waals surface area contributed by atoms with Crippen molar-refractivity contribution in [1.82, 2.24) is 9.88 Å². The molecule has 2 aromatic rings. The summed E-state index contributed by atoms with van der Waals surface area (Å²) in [6.07, 6.45) is 0. The minimum Gasteiger partial charge on any atom is -0.368 e. The lowest BCUT2D eigenvalue weighted by molar-refractivity contribution is 0.0741. The van der Waals surface area contributed by atoms with Crippen molar-refractivity contribution in [3.63, 3.8) is 0 Å². The molecular formula is C17H17Cl2N3O. The molecule has 1 fully saturated rings. The van der Waals surface area contributed by atoms with E-state index >= 15 is 0 Å². The van der Waals surface area contributed by atoms with Crippen molar-refractivity contribution in [2.24, 2.45) is 0 Å². The van der Waals surface area contributed by atoms with Crippen molar-refractivity contribution in [1.29, 1.82) is 0 Å². The van der Waals surface area contributed by atoms with Gasteiger partial charge in [0.15, 0.2) is 0 Å². The first kappa shape index (κ1) is 16.1. The Bertz CT molecular complexity index is 728. The van der Waals surface area contributed by atoms with E-state index in [1.54, 1.807) is 17.0 Å². The van der Waals surface area contributed by atoms with Gasteiger partial charge in [-0.1, -0.05) is 35.3 Å². The van der Waals surface area contributed by atoms with Gasteiger partial charge in [0, 0.05) is 31.9 Å². The summed E-state index contributed by atoms with van der Waals surface area (Å²) in [5.41, 5.74) is 2.65. The predicted octanol–water partition coefficient (Wildman–Crippen LogP) is 3.66. The van der Waals surface area contributed by atoms with Gasteiger partial charge in [0.2, 0.25) is 0 Å². The van der Waals surface area contributed by atoms with Gasteiger partial charge in [-0.25, -0.2) is 4.98 Å². The van der Waals surface area contributed by atoms with E-state index in [2.05, 4.69) is 41.1 Å². The zero-order valence-corrected chi connectivity index (χ0v) is 14.3. The highest BCUT2D eigenvalue weighted by Gasteiger charge is 2.25. The van der Waals surface area contributed by atoms with Crippen LogP contribution in [0.15, 0.2) is 36.4 Å². The van der Waals surface area contributed by atoms with Crippen LogP contribution in [0.4, 0.5) is 5.69 Å². The van der Waals surface area contributed by atoms with Crippen LogP contribution in [0.2, 0.25) is 10.2 Å². The second-order valence-corrected chi connectivity index (χ2v) is 6.38. The number of pyridine rings is 1. The van der Waals surface area contributed by atoms with Crippen LogP contribution in [0.3, 0.4) is 0 Å². The van der Waals surface area contributed by atoms with Crippen LogP contribution in [0.25, 0.3) is 0 Å². The summed E-state index contributed by atoms with van der Waals surface area (Å²) in [6.45, 7) is 4.92. The standard InChI is InChI=1S/C17H17Cl2N3O/c1-12-3-2-4-13(11-12)21-7-9-22(10-8-21)17(23)16-14(18)5-6-15(19)20-16/h2-6,11H,7-10H2,1H3. The SMILES string of the molecule is Cc1cccc(N2CCN(C(=O)c3nc(Cl)ccc3Cl)CC2)c1. The van der Waals surface area contributed by atoms with Crippen LogP contribution in [0.1, 0.15) is 16.1 Å². The molecule has 120 valence electrons. The average Bonchev–Trinajstić information content (AvgIpc) is 2.56. The van der Waals surface area contributed by atoms with Gasteiger partial charge in [-0.2, -0.15) is 0 Å². The van der Waals surface area contributed by atoms with E-state index in [0.717, 1.165) is 13.1 Å². The topological polar surface area (TPSA) is 36.4 Å². The molecule has 1 saturated heterocycles. The number of amides is 1. The molecule has 1 aromatic carbocycles. The monoisotopic (exact) mass is 349 g/mol. The minimum atomic E-state index is -0.165. The highest BCUT2D eigenvalue weighted by Crippen LogP contribution is 2.21. The number of nitrogens with zero attached hydrogens (tertiary/aromatic N) is 3. The quantitative estimate of drug-likeness (QED) is 0.776. The number of piperazine rings is 1. The molecule has 4 nitrogen and oxygen atoms in total. The first-order valence-corrected chi connectivity index (χ1v) is 8.23. The van der Waals surface area contributed by atoms with E-state index in [4.69, 9.17) is 23.2 Å². The molecule has 0 unspecified atom stereocenters. The van der Waals surface area contributed by atoms with Gasteiger partial charge in [-0.3, -0.25) is 4.79 Å². The van der Waals surface area contributed by atoms with Gasteiger partial charge in [-0.15, -0.1) is 0 Å². The van der Waals surface area contributed by atoms with Crippen LogP contribution in [0, 0.1) is 6.92 Å². The molecule has 1 aliphatic heterocycles. The largest absolute Gasteiger partial charge is 0.368 e. The molecule has 6 heteroatoms. The molecule has 23 heavy (non-hydrogen) atoms. The molecular weight excluding hydrogens is 333 g/mol. The smallest absolute Gasteiger partial charge is 0.274 e. The lowest BCUT2D eigenvalue weighted by Gasteiger charge is -2.36. The summed E-state index contributed by atoms with van der Waals surface area (Å²) in [7, 11) is 0. The number of anilines is 1. The van der Waals surface area contributed by atoms with Crippen molar-refractivity contribution in [2.75, 3.05) is 31.1 Å². The second-order valence-electron chi connectivity index (χ2n) is 5.58. The number of aromatic nitrogens is 1. The van der Waals surface area contributed by atoms with Crippen LogP contribution in [-0.2, 0) is 0 Å². The van der Waals surface area contributed by atoms with Crippen molar-refractivity contribution in [3.8, 4) is 0 Å². The molecule has 0 spiro atoms. The third kappa shape index (κ3) is 3.59. The summed E-state index contributed by atoms with van der Waals surface area (Å²) in [5, 5.41) is 0.608. The summed E-state index contributed by atoms with van der Waals surface area (Å²) in [6, 6.07) is 11.6. The highest BCUT2D eigenvalue weighted by molar-refractivity contribution is 6.34. The fourth-order valence-corrected chi connectivity index (χ4v) is 3.04. The summed E-state index contributed by atoms with van der Waals surface area (Å²) >= 11 is 11.9. The average molecular weight is 350 g/mol. The Hall–Kier alpha value is -1.78. The molecule has 1 aliphatic rings. The zero-order valence-electron chi connectivity index (χ0n) is 12.8. The Kier molecular flexibility index (Phi) is 4.74. The zero-order chi connectivity index (χ0) is 16.4. The van der Waals surface area contributed by atoms with Crippen LogP contribution in [-0.4, -0.2) is 42.0 Å². The number of carbonyl (C=O) groups excluding carboxylic acids is 1. The minimum absolute atomic E-state index is 0.165. The van der Waals surface area contributed by atoms with Crippen molar-refractivity contribution in [3.05, 3.63) is 57.8 Å². The molecule has 1 aromatic heterocycles. The van der Waals surface area contributed by atoms with E-state index in [1.807, 2.05) is 0 Å². The number of benzene rings is 1. The van der Waals surface area contributed by atoms with Crippen molar-refractivity contribution >= 4 is 34.8 Å². The van der Waals surface area contributed by atoms with Crippen LogP contribution in [0.5, 0.6) is 0 Å². The molecule has 2 heterocycles. The third-order valence-electron chi connectivity index (χ3n) is 3.95. The third-order valence-corrected chi connectivity index (χ3v) is 4.46. The van der Waals surface area contributed by atoms with Crippen LogP contribution < -0.4 is 4.90 Å². The predicted molar refractivity (Wildman–Crippen MR) is 93.6 cm³/mol. The Morgan fingerprint density at radius 3 is 2.52 bits per heavy atom. The number of rotatable bonds is 2. The Balaban J connectivity index is 1.69. The Labute approximate surface area is 145 Å². The number of carbonyl (C=O) groups is 1. The maximum Gasteiger partial charge on any atom is 0.274 e. The molecule has 1 amide bonds. The van der Waals surface area contributed by atoms with Gasteiger partial charge in [0.25, 0.3) is 5.91 Å². The lowest BCUT2D eigenvalue weighted by Crippen LogP contribution is -2.49. The molecule has 0 atom stereocenters. The van der Waals surface area contributed by atoms with E-state index in [0.29, 0.717) is 18.1 Å². The van der Waals surface area contributed by atoms with E-state index < -0.39 is 0 Å².